The number of nitrogens with zero attached hydrogens (tertiary/aromatic N) is 1. The Morgan fingerprint density at radius 2 is 2.07 bits per heavy atom. The van der Waals surface area contributed by atoms with E-state index >= 15 is 0 Å². The van der Waals surface area contributed by atoms with Crippen LogP contribution in [0.2, 0.25) is 0 Å². The molecule has 1 spiro atoms. The van der Waals surface area contributed by atoms with Gasteiger partial charge in [-0.15, -0.1) is 0 Å². The van der Waals surface area contributed by atoms with Crippen molar-refractivity contribution in [3.63, 3.8) is 0 Å². The number of methoxy groups -OCH3 is 1. The van der Waals surface area contributed by atoms with E-state index in [0.717, 1.165) is 37.3 Å². The molecule has 5 nitrogen and oxygen atoms in total. The molecule has 1 aromatic rings. The third kappa shape index (κ3) is 3.00. The first-order valence-corrected chi connectivity index (χ1v) is 11.6. The molecular formula is C25H37NO4. The first kappa shape index (κ1) is 20.6. The van der Waals surface area contributed by atoms with Gasteiger partial charge in [-0.1, -0.05) is 6.07 Å². The lowest BCUT2D eigenvalue weighted by Gasteiger charge is -2.59. The fraction of sp³-hybridized carbons (Fsp3) is 0.760. The van der Waals surface area contributed by atoms with E-state index in [2.05, 4.69) is 51.8 Å². The van der Waals surface area contributed by atoms with E-state index in [0.29, 0.717) is 18.6 Å². The summed E-state index contributed by atoms with van der Waals surface area (Å²) in [7, 11) is 4.05. The van der Waals surface area contributed by atoms with Crippen molar-refractivity contribution in [2.45, 2.75) is 88.7 Å². The molecule has 2 aliphatic carbocycles. The first-order valence-electron chi connectivity index (χ1n) is 11.6. The molecule has 2 fully saturated rings. The number of likely N-dealkylation sites (N-methyl/N-ethyl adjacent to an activating group) is 1. The largest absolute Gasteiger partial charge is 0.493 e. The fourth-order valence-electron chi connectivity index (χ4n) is 6.68. The lowest BCUT2D eigenvalue weighted by atomic mass is 9.51. The highest BCUT2D eigenvalue weighted by Gasteiger charge is 2.65. The fourth-order valence-corrected chi connectivity index (χ4v) is 6.68. The summed E-state index contributed by atoms with van der Waals surface area (Å²) in [5, 5.41) is 0. The van der Waals surface area contributed by atoms with E-state index in [-0.39, 0.29) is 29.3 Å². The van der Waals surface area contributed by atoms with Gasteiger partial charge >= 0.3 is 0 Å². The molecule has 5 heteroatoms. The summed E-state index contributed by atoms with van der Waals surface area (Å²) in [6, 6.07) is 4.96. The van der Waals surface area contributed by atoms with Crippen LogP contribution in [0.1, 0.15) is 58.1 Å². The molecule has 1 saturated carbocycles. The molecular weight excluding hydrogens is 378 g/mol. The summed E-state index contributed by atoms with van der Waals surface area (Å²) in [6.45, 7) is 10.1. The van der Waals surface area contributed by atoms with Crippen LogP contribution >= 0.6 is 0 Å². The minimum absolute atomic E-state index is 0.0431. The van der Waals surface area contributed by atoms with Crippen molar-refractivity contribution in [1.82, 2.24) is 4.90 Å². The standard InChI is InChI=1S/C25H37NO4/c1-15(14-28-24(2,3)4)29-20-10-8-17-18-13-16-7-9-19(27-6)22-21(16)25(17,23(20)30-22)11-12-26(18)5/h7,9,15,17-18,20,23H,8,10-14H2,1-6H3/t15?,17?,18-,20+,23+,25+/m1/s1. The van der Waals surface area contributed by atoms with Gasteiger partial charge in [-0.3, -0.25) is 0 Å². The van der Waals surface area contributed by atoms with Gasteiger partial charge in [0.05, 0.1) is 31.5 Å². The van der Waals surface area contributed by atoms with E-state index in [1.54, 1.807) is 7.11 Å². The molecule has 0 aromatic heterocycles. The van der Waals surface area contributed by atoms with Gasteiger partial charge in [-0.25, -0.2) is 0 Å². The van der Waals surface area contributed by atoms with Crippen molar-refractivity contribution in [2.75, 3.05) is 27.3 Å². The number of likely N-dealkylation sites (tertiary alicyclic amines) is 1. The van der Waals surface area contributed by atoms with Crippen molar-refractivity contribution in [1.29, 1.82) is 0 Å². The van der Waals surface area contributed by atoms with E-state index in [9.17, 15) is 0 Å². The molecule has 2 heterocycles. The first-order chi connectivity index (χ1) is 14.2. The molecule has 4 aliphatic rings. The molecule has 2 bridgehead atoms. The zero-order valence-electron chi connectivity index (χ0n) is 19.4. The Hall–Kier alpha value is -1.30. The smallest absolute Gasteiger partial charge is 0.165 e. The Balaban J connectivity index is 1.49. The molecule has 1 saturated heterocycles. The average Bonchev–Trinajstić information content (AvgIpc) is 3.05. The lowest BCUT2D eigenvalue weighted by molar-refractivity contribution is -0.156. The van der Waals surface area contributed by atoms with Gasteiger partial charge in [0, 0.05) is 17.0 Å². The maximum atomic E-state index is 6.79. The van der Waals surface area contributed by atoms with Gasteiger partial charge in [-0.05, 0) is 84.5 Å². The van der Waals surface area contributed by atoms with Crippen LogP contribution in [0.3, 0.4) is 0 Å². The predicted molar refractivity (Wildman–Crippen MR) is 117 cm³/mol. The molecule has 30 heavy (non-hydrogen) atoms. The molecule has 1 aromatic carbocycles. The van der Waals surface area contributed by atoms with Crippen LogP contribution in [0.5, 0.6) is 11.5 Å². The van der Waals surface area contributed by atoms with Crippen molar-refractivity contribution < 1.29 is 18.9 Å². The highest BCUT2D eigenvalue weighted by atomic mass is 16.6. The van der Waals surface area contributed by atoms with Crippen molar-refractivity contribution in [3.8, 4) is 11.5 Å². The van der Waals surface area contributed by atoms with Crippen LogP contribution in [0, 0.1) is 5.92 Å². The summed E-state index contributed by atoms with van der Waals surface area (Å²) in [5.41, 5.74) is 2.79. The van der Waals surface area contributed by atoms with Gasteiger partial charge in [0.15, 0.2) is 11.5 Å². The Labute approximate surface area is 181 Å². The summed E-state index contributed by atoms with van der Waals surface area (Å²) >= 11 is 0. The highest BCUT2D eigenvalue weighted by Crippen LogP contribution is 2.64. The van der Waals surface area contributed by atoms with E-state index in [1.165, 1.54) is 17.5 Å². The van der Waals surface area contributed by atoms with Crippen LogP contribution in [-0.2, 0) is 21.3 Å². The molecule has 0 amide bonds. The second kappa shape index (κ2) is 7.11. The Morgan fingerprint density at radius 3 is 2.80 bits per heavy atom. The Morgan fingerprint density at radius 1 is 1.27 bits per heavy atom. The molecule has 2 unspecified atom stereocenters. The van der Waals surface area contributed by atoms with Crippen molar-refractivity contribution in [2.24, 2.45) is 5.92 Å². The highest BCUT2D eigenvalue weighted by molar-refractivity contribution is 5.61. The lowest BCUT2D eigenvalue weighted by Crippen LogP contribution is -2.66. The van der Waals surface area contributed by atoms with Gasteiger partial charge in [0.2, 0.25) is 0 Å². The number of rotatable bonds is 5. The van der Waals surface area contributed by atoms with Crippen LogP contribution in [-0.4, -0.2) is 62.2 Å². The second-order valence-electron chi connectivity index (χ2n) is 10.8. The Kier molecular flexibility index (Phi) is 4.88. The monoisotopic (exact) mass is 415 g/mol. The second-order valence-corrected chi connectivity index (χ2v) is 10.8. The van der Waals surface area contributed by atoms with Gasteiger partial charge in [0.1, 0.15) is 6.10 Å². The topological polar surface area (TPSA) is 40.2 Å². The minimum atomic E-state index is -0.152. The predicted octanol–water partition coefficient (Wildman–Crippen LogP) is 3.95. The van der Waals surface area contributed by atoms with Crippen LogP contribution in [0.4, 0.5) is 0 Å². The van der Waals surface area contributed by atoms with E-state index < -0.39 is 0 Å². The average molecular weight is 416 g/mol. The van der Waals surface area contributed by atoms with Gasteiger partial charge < -0.3 is 23.8 Å². The maximum Gasteiger partial charge on any atom is 0.165 e. The normalized spacial score (nSPS) is 35.5. The van der Waals surface area contributed by atoms with E-state index in [1.807, 2.05) is 0 Å². The van der Waals surface area contributed by atoms with Crippen molar-refractivity contribution in [3.05, 3.63) is 23.3 Å². The van der Waals surface area contributed by atoms with Gasteiger partial charge in [-0.2, -0.15) is 0 Å². The van der Waals surface area contributed by atoms with E-state index in [4.69, 9.17) is 18.9 Å². The number of piperidine rings is 1. The quantitative estimate of drug-likeness (QED) is 0.728. The van der Waals surface area contributed by atoms with Crippen LogP contribution in [0.25, 0.3) is 0 Å². The minimum Gasteiger partial charge on any atom is -0.493 e. The van der Waals surface area contributed by atoms with Crippen LogP contribution in [0.15, 0.2) is 12.1 Å². The van der Waals surface area contributed by atoms with Crippen LogP contribution < -0.4 is 9.47 Å². The summed E-state index contributed by atoms with van der Waals surface area (Å²) < 4.78 is 25.1. The third-order valence-corrected chi connectivity index (χ3v) is 7.90. The summed E-state index contributed by atoms with van der Waals surface area (Å²) in [6.07, 6.45) is 4.69. The molecule has 5 rings (SSSR count). The van der Waals surface area contributed by atoms with Gasteiger partial charge in [0.25, 0.3) is 0 Å². The van der Waals surface area contributed by atoms with Crippen molar-refractivity contribution >= 4 is 0 Å². The number of hydrogen-bond donors (Lipinski definition) is 0. The zero-order chi connectivity index (χ0) is 21.3. The molecule has 0 N–H and O–H groups in total. The summed E-state index contributed by atoms with van der Waals surface area (Å²) in [5.74, 6) is 2.49. The Bertz CT molecular complexity index is 818. The summed E-state index contributed by atoms with van der Waals surface area (Å²) in [4.78, 5) is 2.58. The number of benzene rings is 1. The third-order valence-electron chi connectivity index (χ3n) is 7.90. The number of hydrogen-bond acceptors (Lipinski definition) is 5. The maximum absolute atomic E-state index is 6.79. The molecule has 0 radical (unpaired) electrons. The molecule has 166 valence electrons. The SMILES string of the molecule is COc1ccc2c3c1O[C@H]1[C@@H](OC(C)COC(C)(C)C)CCC4[C@@H](C2)N(C)CC[C@@]341. The number of ether oxygens (including phenoxy) is 4. The molecule has 2 aliphatic heterocycles. The zero-order valence-corrected chi connectivity index (χ0v) is 19.4. The molecule has 6 atom stereocenters.